The zero-order chi connectivity index (χ0) is 28.9. The fourth-order valence-corrected chi connectivity index (χ4v) is 11.6. The molecular formula is C38H32HfN2O. The molecule has 204 valence electrons. The van der Waals surface area contributed by atoms with Gasteiger partial charge in [0.1, 0.15) is 0 Å². The van der Waals surface area contributed by atoms with Crippen molar-refractivity contribution in [3.8, 4) is 0 Å². The molecule has 3 nitrogen and oxygen atoms in total. The van der Waals surface area contributed by atoms with Gasteiger partial charge in [-0.25, -0.2) is 0 Å². The molecule has 0 radical (unpaired) electrons. The summed E-state index contributed by atoms with van der Waals surface area (Å²) in [4.78, 5) is 18.8. The fourth-order valence-electron chi connectivity index (χ4n) is 5.69. The van der Waals surface area contributed by atoms with Crippen molar-refractivity contribution in [3.05, 3.63) is 173 Å². The van der Waals surface area contributed by atoms with E-state index in [0.717, 1.165) is 25.6 Å². The van der Waals surface area contributed by atoms with Gasteiger partial charge < -0.3 is 0 Å². The maximum absolute atomic E-state index is 13.5. The van der Waals surface area contributed by atoms with Crippen molar-refractivity contribution in [1.29, 1.82) is 0 Å². The SMILES string of the molecule is CC(C)c1ccccc1C(=O)Nc1cccc2cc[c]([Hf][C](c3ccccc3)(c3ccccc3)c3ccccc3)nc12. The molecule has 0 bridgehead atoms. The molecule has 0 aliphatic carbocycles. The minimum atomic E-state index is -1.83. The summed E-state index contributed by atoms with van der Waals surface area (Å²) in [5.74, 6) is 0.146. The van der Waals surface area contributed by atoms with Crippen molar-refractivity contribution in [2.24, 2.45) is 0 Å². The first-order chi connectivity index (χ1) is 20.6. The van der Waals surface area contributed by atoms with Crippen molar-refractivity contribution >= 4 is 25.9 Å². The van der Waals surface area contributed by atoms with E-state index >= 15 is 0 Å². The van der Waals surface area contributed by atoms with Gasteiger partial charge >= 0.3 is 260 Å². The van der Waals surface area contributed by atoms with E-state index in [-0.39, 0.29) is 15.0 Å². The number of carbonyl (C=O) groups excluding carboxylic acids is 1. The fraction of sp³-hybridized carbons (Fsp3) is 0.105. The maximum atomic E-state index is 13.5. The Morgan fingerprint density at radius 2 is 1.19 bits per heavy atom. The summed E-state index contributed by atoms with van der Waals surface area (Å²) in [7, 11) is 0. The van der Waals surface area contributed by atoms with E-state index in [1.807, 2.05) is 36.4 Å². The van der Waals surface area contributed by atoms with Crippen LogP contribution < -0.4 is 8.77 Å². The van der Waals surface area contributed by atoms with E-state index in [4.69, 9.17) is 4.98 Å². The Morgan fingerprint density at radius 3 is 1.76 bits per heavy atom. The average molecular weight is 711 g/mol. The molecular weight excluding hydrogens is 679 g/mol. The van der Waals surface area contributed by atoms with Gasteiger partial charge in [0.25, 0.3) is 0 Å². The Morgan fingerprint density at radius 1 is 0.643 bits per heavy atom. The number of amides is 1. The van der Waals surface area contributed by atoms with Gasteiger partial charge in [0.05, 0.1) is 0 Å². The van der Waals surface area contributed by atoms with Crippen molar-refractivity contribution in [2.45, 2.75) is 22.9 Å². The number of hydrogen-bond acceptors (Lipinski definition) is 2. The van der Waals surface area contributed by atoms with E-state index in [1.54, 1.807) is 0 Å². The van der Waals surface area contributed by atoms with Crippen molar-refractivity contribution < 1.29 is 27.7 Å². The predicted octanol–water partition coefficient (Wildman–Crippen LogP) is 8.31. The van der Waals surface area contributed by atoms with Crippen LogP contribution in [-0.4, -0.2) is 10.9 Å². The number of benzene rings is 5. The second-order valence-corrected chi connectivity index (χ2v) is 16.2. The summed E-state index contributed by atoms with van der Waals surface area (Å²) in [5.41, 5.74) is 7.19. The van der Waals surface area contributed by atoms with Crippen LogP contribution in [0.25, 0.3) is 10.9 Å². The first-order valence-electron chi connectivity index (χ1n) is 14.3. The summed E-state index contributed by atoms with van der Waals surface area (Å²) in [5, 5.41) is 4.22. The van der Waals surface area contributed by atoms with Gasteiger partial charge in [0.15, 0.2) is 0 Å². The molecule has 0 spiro atoms. The molecule has 0 saturated heterocycles. The molecule has 1 N–H and O–H groups in total. The molecule has 1 heterocycles. The zero-order valence-electron chi connectivity index (χ0n) is 23.8. The van der Waals surface area contributed by atoms with Crippen LogP contribution in [0.1, 0.15) is 52.4 Å². The van der Waals surface area contributed by atoms with Crippen molar-refractivity contribution in [1.82, 2.24) is 4.98 Å². The number of nitrogens with zero attached hydrogens (tertiary/aromatic N) is 1. The van der Waals surface area contributed by atoms with Crippen molar-refractivity contribution in [3.63, 3.8) is 0 Å². The molecule has 0 aliphatic rings. The molecule has 1 aromatic heterocycles. The van der Waals surface area contributed by atoms with Crippen LogP contribution in [0.5, 0.6) is 0 Å². The minimum absolute atomic E-state index is 0.103. The molecule has 4 heteroatoms. The predicted molar refractivity (Wildman–Crippen MR) is 169 cm³/mol. The van der Waals surface area contributed by atoms with Gasteiger partial charge in [-0.3, -0.25) is 0 Å². The van der Waals surface area contributed by atoms with Gasteiger partial charge in [0.2, 0.25) is 0 Å². The molecule has 0 saturated carbocycles. The van der Waals surface area contributed by atoms with E-state index in [2.05, 4.69) is 128 Å². The van der Waals surface area contributed by atoms with E-state index < -0.39 is 22.9 Å². The normalized spacial score (nSPS) is 11.4. The van der Waals surface area contributed by atoms with Crippen LogP contribution in [0, 0.1) is 0 Å². The van der Waals surface area contributed by atoms with E-state index in [0.29, 0.717) is 5.56 Å². The first-order valence-corrected chi connectivity index (χ1v) is 17.9. The quantitative estimate of drug-likeness (QED) is 0.128. The summed E-state index contributed by atoms with van der Waals surface area (Å²) in [6, 6.07) is 50.8. The monoisotopic (exact) mass is 712 g/mol. The average Bonchev–Trinajstić information content (AvgIpc) is 3.05. The number of fused-ring (bicyclic) bond motifs is 1. The Labute approximate surface area is 259 Å². The Balaban J connectivity index is 1.47. The molecule has 6 rings (SSSR count). The number of rotatable bonds is 8. The Hall–Kier alpha value is -4.15. The molecule has 6 aromatic rings. The number of para-hydroxylation sites is 1. The van der Waals surface area contributed by atoms with Crippen LogP contribution in [-0.2, 0) is 26.1 Å². The number of pyridine rings is 1. The van der Waals surface area contributed by atoms with Gasteiger partial charge in [-0.2, -0.15) is 0 Å². The Bertz CT molecular complexity index is 1720. The van der Waals surface area contributed by atoms with Crippen LogP contribution in [0.3, 0.4) is 0 Å². The number of aromatic nitrogens is 1. The third-order valence-electron chi connectivity index (χ3n) is 7.73. The second-order valence-electron chi connectivity index (χ2n) is 10.7. The third kappa shape index (κ3) is 5.52. The summed E-state index contributed by atoms with van der Waals surface area (Å²) in [6.45, 7) is 4.23. The van der Waals surface area contributed by atoms with Gasteiger partial charge in [-0.05, 0) is 0 Å². The second kappa shape index (κ2) is 12.4. The number of anilines is 1. The van der Waals surface area contributed by atoms with Crippen LogP contribution >= 0.6 is 0 Å². The first kappa shape index (κ1) is 28.0. The van der Waals surface area contributed by atoms with Crippen molar-refractivity contribution in [2.75, 3.05) is 5.32 Å². The summed E-state index contributed by atoms with van der Waals surface area (Å²) >= 11 is -1.83. The van der Waals surface area contributed by atoms with Gasteiger partial charge in [-0.15, -0.1) is 0 Å². The van der Waals surface area contributed by atoms with E-state index in [9.17, 15) is 4.79 Å². The van der Waals surface area contributed by atoms with Crippen LogP contribution in [0.4, 0.5) is 5.69 Å². The van der Waals surface area contributed by atoms with Crippen LogP contribution in [0.2, 0.25) is 0 Å². The number of nitrogens with one attached hydrogen (secondary N) is 1. The molecule has 1 amide bonds. The van der Waals surface area contributed by atoms with E-state index in [1.165, 1.54) is 16.7 Å². The molecule has 0 atom stereocenters. The third-order valence-corrected chi connectivity index (χ3v) is 14.1. The summed E-state index contributed by atoms with van der Waals surface area (Å²) < 4.78 is 0.877. The molecule has 0 unspecified atom stereocenters. The standard InChI is InChI=1S/C19H17N2O.C19H15.Hf/c1-13(2)15-9-3-4-10-16(15)19(22)21-17-11-5-7-14-8-6-12-20-18(14)17;1-4-10-16(11-5-1)19(17-12-6-2-7-13-17)18-14-8-3-9-15-18;/h3-11,13H,1-2H3,(H,21,22);1-15H;. The number of carbonyl (C=O) groups is 1. The zero-order valence-corrected chi connectivity index (χ0v) is 27.4. The van der Waals surface area contributed by atoms with Gasteiger partial charge in [0, 0.05) is 0 Å². The summed E-state index contributed by atoms with van der Waals surface area (Å²) in [6.07, 6.45) is 0. The molecule has 0 fully saturated rings. The topological polar surface area (TPSA) is 42.0 Å². The van der Waals surface area contributed by atoms with Gasteiger partial charge in [-0.1, -0.05) is 0 Å². The number of hydrogen-bond donors (Lipinski definition) is 1. The molecule has 0 aliphatic heterocycles. The van der Waals surface area contributed by atoms with Crippen LogP contribution in [0.15, 0.2) is 146 Å². The Kier molecular flexibility index (Phi) is 8.25. The molecule has 42 heavy (non-hydrogen) atoms. The molecule has 5 aromatic carbocycles.